The minimum Gasteiger partial charge on any atom is -0.862 e. The molecule has 2 rings (SSSR count). The predicted octanol–water partition coefficient (Wildman–Crippen LogP) is -1.09. The van der Waals surface area contributed by atoms with Crippen LogP contribution in [-0.4, -0.2) is 60.2 Å². The molecule has 0 atom stereocenters. The first-order valence-electron chi connectivity index (χ1n) is 6.75. The number of carbonyl (C=O) groups excluding carboxylic acids is 1. The maximum absolute atomic E-state index is 11.6. The molecule has 0 unspecified atom stereocenters. The van der Waals surface area contributed by atoms with Crippen molar-refractivity contribution in [3.8, 4) is 0 Å². The average Bonchev–Trinajstić information content (AvgIpc) is 2.87. The number of thioether (sulfide) groups is 1. The van der Waals surface area contributed by atoms with Gasteiger partial charge in [0.25, 0.3) is 6.20 Å². The Morgan fingerprint density at radius 2 is 2.24 bits per heavy atom. The van der Waals surface area contributed by atoms with E-state index in [-0.39, 0.29) is 23.3 Å². The van der Waals surface area contributed by atoms with E-state index in [9.17, 15) is 9.90 Å². The molecule has 0 saturated carbocycles. The van der Waals surface area contributed by atoms with Crippen molar-refractivity contribution in [2.24, 2.45) is 4.99 Å². The summed E-state index contributed by atoms with van der Waals surface area (Å²) in [6, 6.07) is 0. The van der Waals surface area contributed by atoms with Gasteiger partial charge in [0.15, 0.2) is 5.12 Å². The fourth-order valence-electron chi connectivity index (χ4n) is 1.87. The van der Waals surface area contributed by atoms with Gasteiger partial charge in [-0.25, -0.2) is 4.99 Å². The zero-order valence-corrected chi connectivity index (χ0v) is 13.0. The van der Waals surface area contributed by atoms with E-state index in [0.717, 1.165) is 37.9 Å². The second kappa shape index (κ2) is 7.41. The van der Waals surface area contributed by atoms with Crippen LogP contribution in [0.5, 0.6) is 0 Å². The van der Waals surface area contributed by atoms with Crippen LogP contribution in [-0.2, 0) is 4.79 Å². The Hall–Kier alpha value is -1.61. The molecule has 1 fully saturated rings. The number of nitrogens with zero attached hydrogens (tertiary/aromatic N) is 5. The van der Waals surface area contributed by atoms with Gasteiger partial charge in [-0.15, -0.1) is 0 Å². The van der Waals surface area contributed by atoms with Crippen LogP contribution in [0.2, 0.25) is 0 Å². The molecule has 8 nitrogen and oxygen atoms in total. The Bertz CT molecular complexity index is 511. The number of carbonyl (C=O) groups is 1. The molecule has 1 aliphatic rings. The van der Waals surface area contributed by atoms with Crippen molar-refractivity contribution in [1.29, 1.82) is 0 Å². The Morgan fingerprint density at radius 3 is 2.90 bits per heavy atom. The molecule has 2 heterocycles. The SMILES string of the molecule is CC(=O)SCCC([O-])=Nc1c[n+](N2CCN(C)CC2)no1. The lowest BCUT2D eigenvalue weighted by Gasteiger charge is -2.26. The Labute approximate surface area is 127 Å². The summed E-state index contributed by atoms with van der Waals surface area (Å²) in [6.07, 6.45) is 1.81. The highest BCUT2D eigenvalue weighted by molar-refractivity contribution is 8.13. The van der Waals surface area contributed by atoms with E-state index in [1.807, 2.05) is 5.01 Å². The van der Waals surface area contributed by atoms with Crippen LogP contribution in [0.15, 0.2) is 15.7 Å². The second-order valence-electron chi connectivity index (χ2n) is 4.81. The van der Waals surface area contributed by atoms with Gasteiger partial charge in [-0.3, -0.25) is 9.32 Å². The van der Waals surface area contributed by atoms with Gasteiger partial charge in [0.2, 0.25) is 5.27 Å². The van der Waals surface area contributed by atoms with E-state index >= 15 is 0 Å². The minimum absolute atomic E-state index is 0.00428. The number of aliphatic imine (C=N–C) groups is 1. The van der Waals surface area contributed by atoms with Gasteiger partial charge in [-0.05, 0) is 19.4 Å². The molecule has 9 heteroatoms. The molecule has 0 aromatic carbocycles. The molecule has 21 heavy (non-hydrogen) atoms. The first kappa shape index (κ1) is 15.8. The number of hydrogen-bond acceptors (Lipinski definition) is 8. The van der Waals surface area contributed by atoms with Crippen molar-refractivity contribution in [3.63, 3.8) is 0 Å². The quantitative estimate of drug-likeness (QED) is 0.387. The van der Waals surface area contributed by atoms with Crippen molar-refractivity contribution in [2.45, 2.75) is 13.3 Å². The summed E-state index contributed by atoms with van der Waals surface area (Å²) in [5.41, 5.74) is 0. The smallest absolute Gasteiger partial charge is 0.324 e. The fourth-order valence-corrected chi connectivity index (χ4v) is 2.44. The monoisotopic (exact) mass is 313 g/mol. The lowest BCUT2D eigenvalue weighted by Crippen LogP contribution is -2.64. The van der Waals surface area contributed by atoms with Crippen LogP contribution in [0.4, 0.5) is 5.88 Å². The highest BCUT2D eigenvalue weighted by Crippen LogP contribution is 2.09. The van der Waals surface area contributed by atoms with Crippen LogP contribution in [0, 0.1) is 0 Å². The summed E-state index contributed by atoms with van der Waals surface area (Å²) in [7, 11) is 2.07. The van der Waals surface area contributed by atoms with E-state index in [0.29, 0.717) is 5.75 Å². The van der Waals surface area contributed by atoms with Gasteiger partial charge in [0, 0.05) is 25.8 Å². The van der Waals surface area contributed by atoms with E-state index in [1.54, 1.807) is 11.0 Å². The fraction of sp³-hybridized carbons (Fsp3) is 0.667. The molecular weight excluding hydrogens is 294 g/mol. The van der Waals surface area contributed by atoms with Gasteiger partial charge < -0.3 is 10.0 Å². The molecule has 0 radical (unpaired) electrons. The topological polar surface area (TPSA) is 88.9 Å². The minimum atomic E-state index is -0.314. The van der Waals surface area contributed by atoms with Crippen molar-refractivity contribution >= 4 is 28.7 Å². The van der Waals surface area contributed by atoms with Gasteiger partial charge in [0.1, 0.15) is 0 Å². The first-order valence-corrected chi connectivity index (χ1v) is 7.73. The lowest BCUT2D eigenvalue weighted by molar-refractivity contribution is -0.759. The summed E-state index contributed by atoms with van der Waals surface area (Å²) < 4.78 is 5.04. The van der Waals surface area contributed by atoms with E-state index in [2.05, 4.69) is 22.2 Å². The molecular formula is C12H19N5O3S. The third kappa shape index (κ3) is 5.01. The molecule has 1 saturated heterocycles. The van der Waals surface area contributed by atoms with Gasteiger partial charge in [0.05, 0.1) is 17.9 Å². The number of rotatable bonds is 5. The maximum atomic E-state index is 11.6. The van der Waals surface area contributed by atoms with Crippen LogP contribution < -0.4 is 14.9 Å². The molecule has 0 bridgehead atoms. The van der Waals surface area contributed by atoms with Crippen LogP contribution >= 0.6 is 11.8 Å². The van der Waals surface area contributed by atoms with E-state index in [4.69, 9.17) is 4.52 Å². The summed E-state index contributed by atoms with van der Waals surface area (Å²) >= 11 is 1.11. The van der Waals surface area contributed by atoms with Crippen LogP contribution in [0.25, 0.3) is 0 Å². The third-order valence-electron chi connectivity index (χ3n) is 3.07. The highest BCUT2D eigenvalue weighted by atomic mass is 32.2. The van der Waals surface area contributed by atoms with Crippen LogP contribution in [0.3, 0.4) is 0 Å². The largest absolute Gasteiger partial charge is 0.862 e. The molecule has 0 aliphatic carbocycles. The number of hydrogen-bond donors (Lipinski definition) is 0. The Balaban J connectivity index is 1.88. The Morgan fingerprint density at radius 1 is 1.52 bits per heavy atom. The van der Waals surface area contributed by atoms with Gasteiger partial charge in [-0.1, -0.05) is 11.8 Å². The van der Waals surface area contributed by atoms with E-state index < -0.39 is 0 Å². The molecule has 0 spiro atoms. The van der Waals surface area contributed by atoms with Gasteiger partial charge >= 0.3 is 5.88 Å². The van der Waals surface area contributed by atoms with Crippen molar-refractivity contribution in [1.82, 2.24) is 10.2 Å². The summed E-state index contributed by atoms with van der Waals surface area (Å²) in [6.45, 7) is 5.06. The average molecular weight is 313 g/mol. The molecule has 1 aliphatic heterocycles. The zero-order chi connectivity index (χ0) is 15.2. The molecule has 1 aromatic heterocycles. The molecule has 116 valence electrons. The normalized spacial score (nSPS) is 17.2. The van der Waals surface area contributed by atoms with Crippen LogP contribution in [0.1, 0.15) is 13.3 Å². The summed E-state index contributed by atoms with van der Waals surface area (Å²) in [5.74, 6) is 0.307. The third-order valence-corrected chi connectivity index (χ3v) is 3.88. The first-order chi connectivity index (χ1) is 10.0. The summed E-state index contributed by atoms with van der Waals surface area (Å²) in [5, 5.41) is 17.5. The van der Waals surface area contributed by atoms with Crippen molar-refractivity contribution in [2.75, 3.05) is 44.0 Å². The number of likely N-dealkylation sites (N-methyl/N-ethyl adjacent to an activating group) is 1. The lowest BCUT2D eigenvalue weighted by atomic mass is 10.4. The predicted molar refractivity (Wildman–Crippen MR) is 77.0 cm³/mol. The van der Waals surface area contributed by atoms with Gasteiger partial charge in [-0.2, -0.15) is 5.01 Å². The standard InChI is InChI=1S/C12H19N5O3S/c1-10(18)21-8-3-11(19)13-12-9-17(14-20-12)16-6-4-15(2)5-7-16/h9H,3-8H2,1-2H3. The van der Waals surface area contributed by atoms with Crippen molar-refractivity contribution < 1.29 is 19.2 Å². The van der Waals surface area contributed by atoms with Crippen molar-refractivity contribution in [3.05, 3.63) is 6.20 Å². The number of piperazine rings is 1. The highest BCUT2D eigenvalue weighted by Gasteiger charge is 2.24. The Kier molecular flexibility index (Phi) is 5.57. The molecule has 0 N–H and O–H groups in total. The molecule has 1 aromatic rings. The second-order valence-corrected chi connectivity index (χ2v) is 6.09. The molecule has 0 amide bonds. The van der Waals surface area contributed by atoms with E-state index in [1.165, 1.54) is 6.92 Å². The summed E-state index contributed by atoms with van der Waals surface area (Å²) in [4.78, 5) is 18.4. The number of aromatic nitrogens is 2. The zero-order valence-electron chi connectivity index (χ0n) is 12.2. The maximum Gasteiger partial charge on any atom is 0.324 e.